The molecule has 1 aromatic carbocycles. The highest BCUT2D eigenvalue weighted by molar-refractivity contribution is 6.55. The lowest BCUT2D eigenvalue weighted by Gasteiger charge is -2.32. The lowest BCUT2D eigenvalue weighted by Crippen LogP contribution is -2.41. The Hall–Kier alpha value is -1.24. The molecule has 0 saturated carbocycles. The third-order valence-electron chi connectivity index (χ3n) is 3.98. The lowest BCUT2D eigenvalue weighted by atomic mass is 9.77. The number of hydrogen-bond acceptors (Lipinski definition) is 3. The minimum absolute atomic E-state index is 0.311. The zero-order chi connectivity index (χ0) is 15.8. The maximum absolute atomic E-state index is 13.2. The fraction of sp³-hybridized carbons (Fsp3) is 0.467. The molecule has 1 aromatic rings. The predicted octanol–water partition coefficient (Wildman–Crippen LogP) is 2.97. The fourth-order valence-electron chi connectivity index (χ4n) is 2.06. The summed E-state index contributed by atoms with van der Waals surface area (Å²) in [5, 5.41) is 9.51. The Balaban J connectivity index is 2.30. The molecule has 3 nitrogen and oxygen atoms in total. The Morgan fingerprint density at radius 3 is 2.00 bits per heavy atom. The van der Waals surface area contributed by atoms with Crippen molar-refractivity contribution in [2.75, 3.05) is 6.61 Å². The molecule has 21 heavy (non-hydrogen) atoms. The number of benzene rings is 1. The SMILES string of the molecule is CC1(C)OB(C(=Cc2cc(F)cc(F)c2)CO)OC1(C)C. The standard InChI is InChI=1S/C15H19BF2O3/c1-14(2)15(3,4)21-16(20-14)11(9-19)5-10-6-12(17)8-13(18)7-10/h5-8,19H,9H2,1-4H3. The van der Waals surface area contributed by atoms with Crippen molar-refractivity contribution in [3.8, 4) is 0 Å². The molecule has 0 atom stereocenters. The van der Waals surface area contributed by atoms with E-state index in [0.717, 1.165) is 6.07 Å². The van der Waals surface area contributed by atoms with E-state index in [1.807, 2.05) is 27.7 Å². The molecule has 0 radical (unpaired) electrons. The Morgan fingerprint density at radius 2 is 1.57 bits per heavy atom. The Labute approximate surface area is 123 Å². The maximum atomic E-state index is 13.2. The first-order valence-electron chi connectivity index (χ1n) is 6.78. The van der Waals surface area contributed by atoms with Gasteiger partial charge in [0.05, 0.1) is 17.8 Å². The highest BCUT2D eigenvalue weighted by Crippen LogP contribution is 2.38. The molecular weight excluding hydrogens is 277 g/mol. The van der Waals surface area contributed by atoms with Crippen molar-refractivity contribution < 1.29 is 23.2 Å². The van der Waals surface area contributed by atoms with Crippen LogP contribution in [0.2, 0.25) is 0 Å². The molecule has 114 valence electrons. The largest absolute Gasteiger partial charge is 0.492 e. The van der Waals surface area contributed by atoms with Crippen LogP contribution in [0.5, 0.6) is 0 Å². The van der Waals surface area contributed by atoms with Crippen LogP contribution in [-0.2, 0) is 9.31 Å². The number of halogens is 2. The summed E-state index contributed by atoms with van der Waals surface area (Å²) < 4.78 is 38.0. The van der Waals surface area contributed by atoms with Crippen molar-refractivity contribution in [1.82, 2.24) is 0 Å². The van der Waals surface area contributed by atoms with Crippen molar-refractivity contribution in [2.24, 2.45) is 0 Å². The van der Waals surface area contributed by atoms with E-state index in [-0.39, 0.29) is 6.61 Å². The predicted molar refractivity (Wildman–Crippen MR) is 77.5 cm³/mol. The highest BCUT2D eigenvalue weighted by Gasteiger charge is 2.52. The van der Waals surface area contributed by atoms with Crippen LogP contribution >= 0.6 is 0 Å². The van der Waals surface area contributed by atoms with Crippen molar-refractivity contribution in [2.45, 2.75) is 38.9 Å². The van der Waals surface area contributed by atoms with Crippen molar-refractivity contribution in [1.29, 1.82) is 0 Å². The average Bonchev–Trinajstić information content (AvgIpc) is 2.54. The molecular formula is C15H19BF2O3. The van der Waals surface area contributed by atoms with Gasteiger partial charge in [-0.1, -0.05) is 6.08 Å². The van der Waals surface area contributed by atoms with Crippen LogP contribution in [0, 0.1) is 11.6 Å². The van der Waals surface area contributed by atoms with Gasteiger partial charge in [0.2, 0.25) is 0 Å². The van der Waals surface area contributed by atoms with Crippen LogP contribution in [0.3, 0.4) is 0 Å². The van der Waals surface area contributed by atoms with E-state index in [1.165, 1.54) is 18.2 Å². The van der Waals surface area contributed by atoms with Gasteiger partial charge in [-0.3, -0.25) is 0 Å². The van der Waals surface area contributed by atoms with Gasteiger partial charge in [-0.15, -0.1) is 0 Å². The highest BCUT2D eigenvalue weighted by atomic mass is 19.1. The van der Waals surface area contributed by atoms with E-state index in [0.29, 0.717) is 11.0 Å². The zero-order valence-electron chi connectivity index (χ0n) is 12.6. The molecule has 1 heterocycles. The van der Waals surface area contributed by atoms with Crippen LogP contribution < -0.4 is 0 Å². The average molecular weight is 296 g/mol. The summed E-state index contributed by atoms with van der Waals surface area (Å²) >= 11 is 0. The molecule has 2 rings (SSSR count). The Bertz CT molecular complexity index is 534. The second-order valence-electron chi connectivity index (χ2n) is 6.17. The van der Waals surface area contributed by atoms with E-state index in [9.17, 15) is 13.9 Å². The summed E-state index contributed by atoms with van der Waals surface area (Å²) in [6.45, 7) is 7.25. The molecule has 6 heteroatoms. The molecule has 0 aromatic heterocycles. The monoisotopic (exact) mass is 296 g/mol. The number of aliphatic hydroxyl groups excluding tert-OH is 1. The lowest BCUT2D eigenvalue weighted by molar-refractivity contribution is 0.00578. The molecule has 1 aliphatic heterocycles. The number of aliphatic hydroxyl groups is 1. The molecule has 0 amide bonds. The van der Waals surface area contributed by atoms with Crippen LogP contribution in [0.1, 0.15) is 33.3 Å². The maximum Gasteiger partial charge on any atom is 0.492 e. The van der Waals surface area contributed by atoms with Gasteiger partial charge in [0.25, 0.3) is 0 Å². The summed E-state index contributed by atoms with van der Waals surface area (Å²) in [5.41, 5.74) is -0.358. The zero-order valence-corrected chi connectivity index (χ0v) is 12.6. The van der Waals surface area contributed by atoms with E-state index in [2.05, 4.69) is 0 Å². The summed E-state index contributed by atoms with van der Waals surface area (Å²) in [6.07, 6.45) is 1.48. The second kappa shape index (κ2) is 5.52. The first-order chi connectivity index (χ1) is 9.64. The molecule has 0 bridgehead atoms. The van der Waals surface area contributed by atoms with E-state index in [1.54, 1.807) is 0 Å². The number of hydrogen-bond donors (Lipinski definition) is 1. The molecule has 1 aliphatic rings. The van der Waals surface area contributed by atoms with Gasteiger partial charge in [-0.05, 0) is 50.9 Å². The van der Waals surface area contributed by atoms with Crippen LogP contribution in [0.25, 0.3) is 6.08 Å². The summed E-state index contributed by atoms with van der Waals surface area (Å²) in [6, 6.07) is 3.17. The molecule has 1 saturated heterocycles. The molecule has 1 fully saturated rings. The van der Waals surface area contributed by atoms with Crippen LogP contribution in [-0.4, -0.2) is 30.0 Å². The van der Waals surface area contributed by atoms with Crippen molar-refractivity contribution >= 4 is 13.2 Å². The minimum atomic E-state index is -0.744. The normalized spacial score (nSPS) is 20.9. The van der Waals surface area contributed by atoms with Gasteiger partial charge in [0.15, 0.2) is 0 Å². The van der Waals surface area contributed by atoms with E-state index < -0.39 is 30.0 Å². The van der Waals surface area contributed by atoms with Crippen molar-refractivity contribution in [3.05, 3.63) is 40.9 Å². The van der Waals surface area contributed by atoms with E-state index in [4.69, 9.17) is 9.31 Å². The Morgan fingerprint density at radius 1 is 1.10 bits per heavy atom. The van der Waals surface area contributed by atoms with Gasteiger partial charge in [-0.25, -0.2) is 8.78 Å². The van der Waals surface area contributed by atoms with Crippen LogP contribution in [0.4, 0.5) is 8.78 Å². The quantitative estimate of drug-likeness (QED) is 0.872. The minimum Gasteiger partial charge on any atom is -0.400 e. The van der Waals surface area contributed by atoms with Gasteiger partial charge < -0.3 is 14.4 Å². The van der Waals surface area contributed by atoms with Gasteiger partial charge in [0, 0.05) is 6.07 Å². The third kappa shape index (κ3) is 3.34. The Kier molecular flexibility index (Phi) is 4.24. The third-order valence-corrected chi connectivity index (χ3v) is 3.98. The first kappa shape index (κ1) is 16.1. The van der Waals surface area contributed by atoms with Gasteiger partial charge in [0.1, 0.15) is 11.6 Å². The van der Waals surface area contributed by atoms with Gasteiger partial charge >= 0.3 is 7.12 Å². The second-order valence-corrected chi connectivity index (χ2v) is 6.17. The molecule has 0 unspecified atom stereocenters. The summed E-state index contributed by atoms with van der Waals surface area (Å²) in [7, 11) is -0.744. The number of rotatable bonds is 3. The summed E-state index contributed by atoms with van der Waals surface area (Å²) in [5.74, 6) is -1.35. The van der Waals surface area contributed by atoms with E-state index >= 15 is 0 Å². The van der Waals surface area contributed by atoms with Gasteiger partial charge in [-0.2, -0.15) is 0 Å². The smallest absolute Gasteiger partial charge is 0.400 e. The first-order valence-corrected chi connectivity index (χ1v) is 6.78. The fourth-order valence-corrected chi connectivity index (χ4v) is 2.06. The molecule has 0 aliphatic carbocycles. The van der Waals surface area contributed by atoms with Crippen molar-refractivity contribution in [3.63, 3.8) is 0 Å². The molecule has 1 N–H and O–H groups in total. The molecule has 0 spiro atoms. The summed E-state index contributed by atoms with van der Waals surface area (Å²) in [4.78, 5) is 0. The van der Waals surface area contributed by atoms with Crippen LogP contribution in [0.15, 0.2) is 23.7 Å². The topological polar surface area (TPSA) is 38.7 Å².